The van der Waals surface area contributed by atoms with Crippen LogP contribution in [0.25, 0.3) is 0 Å². The molecule has 0 aromatic rings. The van der Waals surface area contributed by atoms with E-state index in [1.54, 1.807) is 7.11 Å². The van der Waals surface area contributed by atoms with Gasteiger partial charge in [0.15, 0.2) is 0 Å². The maximum absolute atomic E-state index is 11.6. The van der Waals surface area contributed by atoms with Crippen molar-refractivity contribution in [3.05, 3.63) is 0 Å². The number of amides is 1. The molecule has 4 nitrogen and oxygen atoms in total. The van der Waals surface area contributed by atoms with Gasteiger partial charge in [-0.3, -0.25) is 4.79 Å². The zero-order valence-electron chi connectivity index (χ0n) is 9.30. The van der Waals surface area contributed by atoms with Crippen LogP contribution in [-0.2, 0) is 9.53 Å². The van der Waals surface area contributed by atoms with Crippen molar-refractivity contribution in [2.45, 2.75) is 25.8 Å². The molecule has 1 rings (SSSR count). The number of carbonyl (C=O) groups is 1. The van der Waals surface area contributed by atoms with Crippen molar-refractivity contribution in [2.75, 3.05) is 33.4 Å². The average Bonchev–Trinajstić information content (AvgIpc) is 2.38. The minimum atomic E-state index is -0.0421. The molecule has 1 saturated heterocycles. The topological polar surface area (TPSA) is 41.6 Å². The zero-order chi connectivity index (χ0) is 10.6. The SMILES string of the molecule is CCNC1(C)CC(=O)N(CCOC)C1. The fraction of sp³-hybridized carbons (Fsp3) is 0.900. The van der Waals surface area contributed by atoms with E-state index >= 15 is 0 Å². The Hall–Kier alpha value is -0.610. The van der Waals surface area contributed by atoms with Crippen LogP contribution in [0.4, 0.5) is 0 Å². The van der Waals surface area contributed by atoms with Gasteiger partial charge >= 0.3 is 0 Å². The third-order valence-corrected chi connectivity index (χ3v) is 2.60. The smallest absolute Gasteiger partial charge is 0.224 e. The van der Waals surface area contributed by atoms with Crippen LogP contribution in [0.1, 0.15) is 20.3 Å². The lowest BCUT2D eigenvalue weighted by Crippen LogP contribution is -2.44. The molecule has 1 unspecified atom stereocenters. The van der Waals surface area contributed by atoms with Crippen molar-refractivity contribution in [1.82, 2.24) is 10.2 Å². The van der Waals surface area contributed by atoms with Crippen molar-refractivity contribution in [3.63, 3.8) is 0 Å². The summed E-state index contributed by atoms with van der Waals surface area (Å²) in [6.07, 6.45) is 0.602. The average molecular weight is 200 g/mol. The molecule has 0 aromatic heterocycles. The number of nitrogens with zero attached hydrogens (tertiary/aromatic N) is 1. The van der Waals surface area contributed by atoms with E-state index in [-0.39, 0.29) is 11.4 Å². The van der Waals surface area contributed by atoms with Gasteiger partial charge in [0.1, 0.15) is 0 Å². The Labute approximate surface area is 85.6 Å². The number of carbonyl (C=O) groups excluding carboxylic acids is 1. The first-order valence-corrected chi connectivity index (χ1v) is 5.13. The van der Waals surface area contributed by atoms with Crippen LogP contribution in [-0.4, -0.2) is 49.7 Å². The highest BCUT2D eigenvalue weighted by molar-refractivity contribution is 5.80. The van der Waals surface area contributed by atoms with Crippen LogP contribution in [0, 0.1) is 0 Å². The lowest BCUT2D eigenvalue weighted by atomic mass is 10.0. The van der Waals surface area contributed by atoms with E-state index in [0.29, 0.717) is 19.6 Å². The Bertz CT molecular complexity index is 208. The number of likely N-dealkylation sites (N-methyl/N-ethyl adjacent to an activating group) is 1. The Balaban J connectivity index is 2.46. The molecular formula is C10H20N2O2. The summed E-state index contributed by atoms with van der Waals surface area (Å²) in [7, 11) is 1.66. The first kappa shape index (κ1) is 11.5. The van der Waals surface area contributed by atoms with E-state index in [4.69, 9.17) is 4.74 Å². The number of nitrogens with one attached hydrogen (secondary N) is 1. The molecule has 0 bridgehead atoms. The fourth-order valence-corrected chi connectivity index (χ4v) is 1.96. The van der Waals surface area contributed by atoms with E-state index in [2.05, 4.69) is 19.2 Å². The molecule has 1 fully saturated rings. The molecule has 1 atom stereocenters. The summed E-state index contributed by atoms with van der Waals surface area (Å²) in [5, 5.41) is 3.35. The molecule has 0 aliphatic carbocycles. The third kappa shape index (κ3) is 2.69. The van der Waals surface area contributed by atoms with Crippen molar-refractivity contribution in [3.8, 4) is 0 Å². The number of hydrogen-bond donors (Lipinski definition) is 1. The van der Waals surface area contributed by atoms with Gasteiger partial charge in [-0.25, -0.2) is 0 Å². The van der Waals surface area contributed by atoms with Gasteiger partial charge in [-0.15, -0.1) is 0 Å². The quantitative estimate of drug-likeness (QED) is 0.691. The molecule has 1 heterocycles. The molecule has 4 heteroatoms. The van der Waals surface area contributed by atoms with Gasteiger partial charge in [0.05, 0.1) is 6.61 Å². The van der Waals surface area contributed by atoms with Crippen molar-refractivity contribution >= 4 is 5.91 Å². The normalized spacial score (nSPS) is 27.4. The van der Waals surface area contributed by atoms with Crippen LogP contribution >= 0.6 is 0 Å². The minimum absolute atomic E-state index is 0.0421. The lowest BCUT2D eigenvalue weighted by molar-refractivity contribution is -0.128. The largest absolute Gasteiger partial charge is 0.383 e. The summed E-state index contributed by atoms with van der Waals surface area (Å²) >= 11 is 0. The molecule has 0 spiro atoms. The van der Waals surface area contributed by atoms with E-state index in [9.17, 15) is 4.79 Å². The second-order valence-electron chi connectivity index (χ2n) is 4.08. The highest BCUT2D eigenvalue weighted by Crippen LogP contribution is 2.21. The van der Waals surface area contributed by atoms with Crippen LogP contribution in [0.2, 0.25) is 0 Å². The van der Waals surface area contributed by atoms with E-state index in [1.165, 1.54) is 0 Å². The van der Waals surface area contributed by atoms with Gasteiger partial charge in [0.2, 0.25) is 5.91 Å². The molecule has 1 N–H and O–H groups in total. The summed E-state index contributed by atoms with van der Waals surface area (Å²) in [6, 6.07) is 0. The van der Waals surface area contributed by atoms with Crippen molar-refractivity contribution < 1.29 is 9.53 Å². The number of likely N-dealkylation sites (tertiary alicyclic amines) is 1. The number of methoxy groups -OCH3 is 1. The van der Waals surface area contributed by atoms with Gasteiger partial charge in [-0.1, -0.05) is 6.92 Å². The second kappa shape index (κ2) is 4.75. The molecule has 14 heavy (non-hydrogen) atoms. The molecule has 0 aromatic carbocycles. The second-order valence-corrected chi connectivity index (χ2v) is 4.08. The maximum Gasteiger partial charge on any atom is 0.224 e. The van der Waals surface area contributed by atoms with Crippen LogP contribution in [0.15, 0.2) is 0 Å². The summed E-state index contributed by atoms with van der Waals surface area (Å²) < 4.78 is 4.97. The fourth-order valence-electron chi connectivity index (χ4n) is 1.96. The highest BCUT2D eigenvalue weighted by Gasteiger charge is 2.38. The number of ether oxygens (including phenoxy) is 1. The van der Waals surface area contributed by atoms with Gasteiger partial charge in [-0.05, 0) is 13.5 Å². The molecule has 0 radical (unpaired) electrons. The third-order valence-electron chi connectivity index (χ3n) is 2.60. The Morgan fingerprint density at radius 1 is 1.64 bits per heavy atom. The summed E-state index contributed by atoms with van der Waals surface area (Å²) in [5.74, 6) is 0.227. The monoisotopic (exact) mass is 200 g/mol. The first-order valence-electron chi connectivity index (χ1n) is 5.13. The molecular weight excluding hydrogens is 180 g/mol. The maximum atomic E-state index is 11.6. The van der Waals surface area contributed by atoms with E-state index in [0.717, 1.165) is 13.1 Å². The van der Waals surface area contributed by atoms with E-state index < -0.39 is 0 Å². The summed E-state index contributed by atoms with van der Waals surface area (Å²) in [4.78, 5) is 13.5. The molecule has 1 aliphatic rings. The van der Waals surface area contributed by atoms with Crippen molar-refractivity contribution in [2.24, 2.45) is 0 Å². The van der Waals surface area contributed by atoms with Gasteiger partial charge in [0.25, 0.3) is 0 Å². The lowest BCUT2D eigenvalue weighted by Gasteiger charge is -2.24. The minimum Gasteiger partial charge on any atom is -0.383 e. The number of hydrogen-bond acceptors (Lipinski definition) is 3. The van der Waals surface area contributed by atoms with Gasteiger partial charge < -0.3 is 15.0 Å². The van der Waals surface area contributed by atoms with Crippen LogP contribution in [0.3, 0.4) is 0 Å². The highest BCUT2D eigenvalue weighted by atomic mass is 16.5. The van der Waals surface area contributed by atoms with Crippen LogP contribution < -0.4 is 5.32 Å². The first-order chi connectivity index (χ1) is 6.61. The number of rotatable bonds is 5. The molecule has 0 saturated carbocycles. The molecule has 1 aliphatic heterocycles. The predicted octanol–water partition coefficient (Wildman–Crippen LogP) is 0.233. The Morgan fingerprint density at radius 3 is 2.93 bits per heavy atom. The Morgan fingerprint density at radius 2 is 2.36 bits per heavy atom. The Kier molecular flexibility index (Phi) is 3.89. The predicted molar refractivity (Wildman–Crippen MR) is 55.2 cm³/mol. The molecule has 1 amide bonds. The van der Waals surface area contributed by atoms with Crippen LogP contribution in [0.5, 0.6) is 0 Å². The summed E-state index contributed by atoms with van der Waals surface area (Å²) in [6.45, 7) is 7.18. The van der Waals surface area contributed by atoms with Gasteiger partial charge in [-0.2, -0.15) is 0 Å². The molecule has 82 valence electrons. The van der Waals surface area contributed by atoms with Crippen molar-refractivity contribution in [1.29, 1.82) is 0 Å². The summed E-state index contributed by atoms with van der Waals surface area (Å²) in [5.41, 5.74) is -0.0421. The van der Waals surface area contributed by atoms with E-state index in [1.807, 2.05) is 4.90 Å². The zero-order valence-corrected chi connectivity index (χ0v) is 9.30. The standard InChI is InChI=1S/C10H20N2O2/c1-4-11-10(2)7-9(13)12(8-10)5-6-14-3/h11H,4-8H2,1-3H3. The van der Waals surface area contributed by atoms with Gasteiger partial charge in [0, 0.05) is 32.2 Å².